The minimum absolute atomic E-state index is 0. The van der Waals surface area contributed by atoms with Crippen molar-refractivity contribution in [2.45, 2.75) is 39.3 Å². The standard InChI is InChI=1S/C20H26N4O2.HI/c1-2-21-20(23-15-18-6-5-13-26-18)22-14-16-8-10-17(11-9-16)24-12-4-3-7-19(24)25;/h5-6,8-11,13H,2-4,7,12,14-15H2,1H3,(H2,21,22,23);1H. The van der Waals surface area contributed by atoms with Crippen LogP contribution in [0.4, 0.5) is 5.69 Å². The van der Waals surface area contributed by atoms with E-state index in [0.717, 1.165) is 48.9 Å². The first-order valence-electron chi connectivity index (χ1n) is 9.20. The van der Waals surface area contributed by atoms with Gasteiger partial charge in [0.25, 0.3) is 0 Å². The van der Waals surface area contributed by atoms with Crippen LogP contribution in [0, 0.1) is 0 Å². The fraction of sp³-hybridized carbons (Fsp3) is 0.400. The summed E-state index contributed by atoms with van der Waals surface area (Å²) in [5, 5.41) is 6.48. The Hall–Kier alpha value is -2.03. The molecule has 7 heteroatoms. The molecule has 2 heterocycles. The summed E-state index contributed by atoms with van der Waals surface area (Å²) in [6.45, 7) is 4.81. The third-order valence-electron chi connectivity index (χ3n) is 4.35. The molecule has 2 aromatic rings. The highest BCUT2D eigenvalue weighted by Gasteiger charge is 2.19. The van der Waals surface area contributed by atoms with Crippen LogP contribution in [0.5, 0.6) is 0 Å². The summed E-state index contributed by atoms with van der Waals surface area (Å²) in [6, 6.07) is 11.9. The van der Waals surface area contributed by atoms with Gasteiger partial charge in [0.2, 0.25) is 5.91 Å². The van der Waals surface area contributed by atoms with Gasteiger partial charge in [-0.1, -0.05) is 12.1 Å². The molecule has 146 valence electrons. The van der Waals surface area contributed by atoms with Crippen molar-refractivity contribution >= 4 is 41.5 Å². The first-order chi connectivity index (χ1) is 12.8. The van der Waals surface area contributed by atoms with Crippen molar-refractivity contribution in [2.24, 2.45) is 4.99 Å². The number of halogens is 1. The van der Waals surface area contributed by atoms with E-state index in [2.05, 4.69) is 15.6 Å². The molecule has 0 bridgehead atoms. The van der Waals surface area contributed by atoms with Crippen LogP contribution < -0.4 is 15.5 Å². The summed E-state index contributed by atoms with van der Waals surface area (Å²) in [6.07, 6.45) is 4.39. The molecule has 1 aromatic carbocycles. The van der Waals surface area contributed by atoms with Gasteiger partial charge in [0.05, 0.1) is 19.4 Å². The van der Waals surface area contributed by atoms with Crippen LogP contribution in [-0.4, -0.2) is 25.0 Å². The van der Waals surface area contributed by atoms with E-state index in [1.165, 1.54) is 0 Å². The van der Waals surface area contributed by atoms with Gasteiger partial charge >= 0.3 is 0 Å². The molecule has 0 saturated carbocycles. The Labute approximate surface area is 177 Å². The zero-order valence-electron chi connectivity index (χ0n) is 15.6. The second-order valence-corrected chi connectivity index (χ2v) is 6.30. The molecule has 1 aromatic heterocycles. The van der Waals surface area contributed by atoms with Gasteiger partial charge in [0, 0.05) is 25.2 Å². The number of furan rings is 1. The van der Waals surface area contributed by atoms with E-state index in [-0.39, 0.29) is 29.9 Å². The lowest BCUT2D eigenvalue weighted by Gasteiger charge is -2.26. The number of rotatable bonds is 6. The zero-order valence-corrected chi connectivity index (χ0v) is 17.9. The molecule has 0 radical (unpaired) electrons. The molecule has 1 aliphatic rings. The van der Waals surface area contributed by atoms with Crippen LogP contribution in [0.1, 0.15) is 37.5 Å². The van der Waals surface area contributed by atoms with Gasteiger partial charge in [-0.05, 0) is 49.6 Å². The number of carbonyl (C=O) groups excluding carboxylic acids is 1. The number of hydrogen-bond acceptors (Lipinski definition) is 3. The van der Waals surface area contributed by atoms with Crippen LogP contribution >= 0.6 is 24.0 Å². The van der Waals surface area contributed by atoms with Crippen molar-refractivity contribution in [2.75, 3.05) is 18.0 Å². The summed E-state index contributed by atoms with van der Waals surface area (Å²) in [7, 11) is 0. The molecule has 0 aliphatic carbocycles. The number of nitrogens with zero attached hydrogens (tertiary/aromatic N) is 2. The van der Waals surface area contributed by atoms with Crippen LogP contribution in [0.2, 0.25) is 0 Å². The quantitative estimate of drug-likeness (QED) is 0.375. The van der Waals surface area contributed by atoms with E-state index in [4.69, 9.17) is 4.42 Å². The number of aliphatic imine (C=N–C) groups is 1. The van der Waals surface area contributed by atoms with Crippen molar-refractivity contribution in [1.82, 2.24) is 10.6 Å². The normalized spacial score (nSPS) is 14.6. The number of hydrogen-bond donors (Lipinski definition) is 2. The summed E-state index contributed by atoms with van der Waals surface area (Å²) < 4.78 is 5.33. The van der Waals surface area contributed by atoms with E-state index in [1.54, 1.807) is 6.26 Å². The topological polar surface area (TPSA) is 69.9 Å². The Bertz CT molecular complexity index is 729. The van der Waals surface area contributed by atoms with Crippen molar-refractivity contribution in [3.63, 3.8) is 0 Å². The van der Waals surface area contributed by atoms with E-state index < -0.39 is 0 Å². The highest BCUT2D eigenvalue weighted by molar-refractivity contribution is 14.0. The Morgan fingerprint density at radius 2 is 2.00 bits per heavy atom. The summed E-state index contributed by atoms with van der Waals surface area (Å²) in [4.78, 5) is 18.5. The molecular formula is C20H27IN4O2. The smallest absolute Gasteiger partial charge is 0.226 e. The van der Waals surface area contributed by atoms with Gasteiger partial charge in [0.1, 0.15) is 5.76 Å². The van der Waals surface area contributed by atoms with Gasteiger partial charge < -0.3 is 20.0 Å². The molecule has 1 saturated heterocycles. The molecule has 2 N–H and O–H groups in total. The van der Waals surface area contributed by atoms with E-state index in [0.29, 0.717) is 19.5 Å². The van der Waals surface area contributed by atoms with Crippen molar-refractivity contribution < 1.29 is 9.21 Å². The third-order valence-corrected chi connectivity index (χ3v) is 4.35. The molecule has 0 spiro atoms. The molecule has 0 unspecified atom stereocenters. The second-order valence-electron chi connectivity index (χ2n) is 6.30. The average molecular weight is 482 g/mol. The van der Waals surface area contributed by atoms with Gasteiger partial charge in [-0.3, -0.25) is 4.79 Å². The number of piperidine rings is 1. The lowest BCUT2D eigenvalue weighted by Crippen LogP contribution is -2.36. The Balaban J connectivity index is 0.00000261. The monoisotopic (exact) mass is 482 g/mol. The fourth-order valence-corrected chi connectivity index (χ4v) is 2.96. The first-order valence-corrected chi connectivity index (χ1v) is 9.20. The van der Waals surface area contributed by atoms with E-state index >= 15 is 0 Å². The van der Waals surface area contributed by atoms with Gasteiger partial charge in [-0.2, -0.15) is 0 Å². The molecule has 6 nitrogen and oxygen atoms in total. The number of guanidine groups is 1. The van der Waals surface area contributed by atoms with Gasteiger partial charge in [-0.25, -0.2) is 4.99 Å². The summed E-state index contributed by atoms with van der Waals surface area (Å²) in [5.74, 6) is 1.84. The average Bonchev–Trinajstić information content (AvgIpc) is 3.19. The number of anilines is 1. The molecule has 0 atom stereocenters. The predicted molar refractivity (Wildman–Crippen MR) is 118 cm³/mol. The van der Waals surface area contributed by atoms with Crippen molar-refractivity contribution in [3.05, 3.63) is 54.0 Å². The lowest BCUT2D eigenvalue weighted by atomic mass is 10.1. The Kier molecular flexibility index (Phi) is 8.63. The van der Waals surface area contributed by atoms with E-state index in [9.17, 15) is 4.79 Å². The summed E-state index contributed by atoms with van der Waals surface area (Å²) >= 11 is 0. The largest absolute Gasteiger partial charge is 0.467 e. The zero-order chi connectivity index (χ0) is 18.2. The summed E-state index contributed by atoms with van der Waals surface area (Å²) in [5.41, 5.74) is 2.08. The number of benzene rings is 1. The highest BCUT2D eigenvalue weighted by atomic mass is 127. The van der Waals surface area contributed by atoms with E-state index in [1.807, 2.05) is 48.2 Å². The minimum Gasteiger partial charge on any atom is -0.467 e. The van der Waals surface area contributed by atoms with Crippen LogP contribution in [0.15, 0.2) is 52.1 Å². The maximum Gasteiger partial charge on any atom is 0.226 e. The van der Waals surface area contributed by atoms with Crippen LogP contribution in [0.3, 0.4) is 0 Å². The number of carbonyl (C=O) groups is 1. The molecular weight excluding hydrogens is 455 g/mol. The van der Waals surface area contributed by atoms with Gasteiger partial charge in [-0.15, -0.1) is 24.0 Å². The molecule has 27 heavy (non-hydrogen) atoms. The molecule has 1 amide bonds. The first kappa shape index (κ1) is 21.3. The third kappa shape index (κ3) is 6.27. The van der Waals surface area contributed by atoms with Crippen LogP contribution in [0.25, 0.3) is 0 Å². The maximum atomic E-state index is 12.0. The lowest BCUT2D eigenvalue weighted by molar-refractivity contribution is -0.119. The Morgan fingerprint density at radius 1 is 1.19 bits per heavy atom. The van der Waals surface area contributed by atoms with Crippen LogP contribution in [-0.2, 0) is 17.9 Å². The SMILES string of the molecule is CCNC(=NCc1ccc(N2CCCCC2=O)cc1)NCc1ccco1.I. The maximum absolute atomic E-state index is 12.0. The fourth-order valence-electron chi connectivity index (χ4n) is 2.96. The van der Waals surface area contributed by atoms with Crippen molar-refractivity contribution in [1.29, 1.82) is 0 Å². The molecule has 3 rings (SSSR count). The van der Waals surface area contributed by atoms with Crippen molar-refractivity contribution in [3.8, 4) is 0 Å². The number of amides is 1. The molecule has 1 fully saturated rings. The minimum atomic E-state index is 0. The van der Waals surface area contributed by atoms with Gasteiger partial charge in [0.15, 0.2) is 5.96 Å². The highest BCUT2D eigenvalue weighted by Crippen LogP contribution is 2.21. The number of nitrogens with one attached hydrogen (secondary N) is 2. The molecule has 1 aliphatic heterocycles. The Morgan fingerprint density at radius 3 is 2.67 bits per heavy atom. The predicted octanol–water partition coefficient (Wildman–Crippen LogP) is 3.67. The second kappa shape index (κ2) is 11.0.